The zero-order valence-electron chi connectivity index (χ0n) is 23.6. The molecule has 3 aromatic rings. The fourth-order valence-electron chi connectivity index (χ4n) is 3.95. The van der Waals surface area contributed by atoms with Crippen LogP contribution >= 0.6 is 11.3 Å². The van der Waals surface area contributed by atoms with E-state index in [1.807, 2.05) is 0 Å². The third kappa shape index (κ3) is 9.80. The van der Waals surface area contributed by atoms with Gasteiger partial charge in [-0.1, -0.05) is 6.07 Å². The van der Waals surface area contributed by atoms with Gasteiger partial charge < -0.3 is 26.2 Å². The number of anilines is 1. The van der Waals surface area contributed by atoms with Gasteiger partial charge >= 0.3 is 12.1 Å². The van der Waals surface area contributed by atoms with Crippen molar-refractivity contribution in [1.29, 1.82) is 5.41 Å². The van der Waals surface area contributed by atoms with Crippen molar-refractivity contribution < 1.29 is 45.8 Å². The van der Waals surface area contributed by atoms with Crippen LogP contribution in [-0.4, -0.2) is 78.9 Å². The molecule has 0 radical (unpaired) electrons. The molecule has 1 aromatic heterocycles. The zero-order valence-corrected chi connectivity index (χ0v) is 25.3. The lowest BCUT2D eigenvalue weighted by atomic mass is 10.0. The first-order valence-corrected chi connectivity index (χ1v) is 15.4. The molecule has 2 amide bonds. The SMILES string of the molecule is CC(NC(=O)CC(=O)Nc1ccc(C(=N)N)cc1)c1ccc(S(=O)(=O)N2CCOCC2)c(-c2nccs2)c1.O=C(O)C(F)(F)F. The van der Waals surface area contributed by atoms with Crippen LogP contribution in [0.15, 0.2) is 58.9 Å². The summed E-state index contributed by atoms with van der Waals surface area (Å²) in [6.45, 7) is 2.98. The molecular formula is C27H29F3N6O7S2. The second-order valence-corrected chi connectivity index (χ2v) is 12.2. The van der Waals surface area contributed by atoms with Crippen molar-refractivity contribution in [3.05, 3.63) is 65.2 Å². The van der Waals surface area contributed by atoms with Crippen LogP contribution in [0.25, 0.3) is 10.6 Å². The lowest BCUT2D eigenvalue weighted by molar-refractivity contribution is -0.192. The van der Waals surface area contributed by atoms with Gasteiger partial charge in [0.1, 0.15) is 17.3 Å². The first-order valence-electron chi connectivity index (χ1n) is 13.0. The highest BCUT2D eigenvalue weighted by molar-refractivity contribution is 7.89. The average Bonchev–Trinajstić information content (AvgIpc) is 3.52. The number of sulfonamides is 1. The number of alkyl halides is 3. The topological polar surface area (TPSA) is 205 Å². The van der Waals surface area contributed by atoms with Crippen LogP contribution in [0.4, 0.5) is 18.9 Å². The van der Waals surface area contributed by atoms with E-state index in [4.69, 9.17) is 25.8 Å². The van der Waals surface area contributed by atoms with Gasteiger partial charge in [-0.3, -0.25) is 15.0 Å². The zero-order chi connectivity index (χ0) is 33.4. The number of rotatable bonds is 9. The number of halogens is 3. The van der Waals surface area contributed by atoms with E-state index >= 15 is 0 Å². The molecule has 45 heavy (non-hydrogen) atoms. The Morgan fingerprint density at radius 1 is 1.13 bits per heavy atom. The molecule has 6 N–H and O–H groups in total. The summed E-state index contributed by atoms with van der Waals surface area (Å²) in [6, 6.07) is 10.8. The maximum atomic E-state index is 13.4. The van der Waals surface area contributed by atoms with Gasteiger partial charge in [0.05, 0.1) is 24.2 Å². The molecule has 2 heterocycles. The van der Waals surface area contributed by atoms with Gasteiger partial charge in [-0.2, -0.15) is 17.5 Å². The number of amidine groups is 1. The van der Waals surface area contributed by atoms with Crippen LogP contribution in [-0.2, 0) is 29.1 Å². The molecule has 0 aliphatic carbocycles. The number of hydrogen-bond acceptors (Lipinski definition) is 9. The van der Waals surface area contributed by atoms with Gasteiger partial charge in [-0.15, -0.1) is 11.3 Å². The third-order valence-corrected chi connectivity index (χ3v) is 8.94. The lowest BCUT2D eigenvalue weighted by Gasteiger charge is -2.27. The van der Waals surface area contributed by atoms with E-state index in [9.17, 15) is 31.2 Å². The predicted molar refractivity (Wildman–Crippen MR) is 158 cm³/mol. The Balaban J connectivity index is 0.000000707. The molecule has 2 aromatic carbocycles. The number of benzene rings is 2. The van der Waals surface area contributed by atoms with Crippen LogP contribution in [0.5, 0.6) is 0 Å². The number of carboxylic acid groups (broad SMARTS) is 1. The average molecular weight is 671 g/mol. The van der Waals surface area contributed by atoms with E-state index in [0.717, 1.165) is 0 Å². The predicted octanol–water partition coefficient (Wildman–Crippen LogP) is 2.95. The normalized spacial score (nSPS) is 14.4. The molecule has 1 atom stereocenters. The number of amides is 2. The summed E-state index contributed by atoms with van der Waals surface area (Å²) in [5.74, 6) is -3.83. The van der Waals surface area contributed by atoms with Crippen molar-refractivity contribution in [1.82, 2.24) is 14.6 Å². The first-order chi connectivity index (χ1) is 21.1. The maximum Gasteiger partial charge on any atom is 0.490 e. The van der Waals surface area contributed by atoms with Crippen molar-refractivity contribution in [2.75, 3.05) is 31.6 Å². The number of aliphatic carboxylic acids is 1. The van der Waals surface area contributed by atoms with Crippen molar-refractivity contribution in [3.8, 4) is 10.6 Å². The summed E-state index contributed by atoms with van der Waals surface area (Å²) in [4.78, 5) is 38.3. The number of carbonyl (C=O) groups excluding carboxylic acids is 2. The maximum absolute atomic E-state index is 13.4. The molecule has 13 nitrogen and oxygen atoms in total. The second kappa shape index (κ2) is 15.1. The van der Waals surface area contributed by atoms with Gasteiger partial charge in [0.15, 0.2) is 0 Å². The standard InChI is InChI=1S/C25H28N6O5S2.C2HF3O2/c1-16(29-22(32)15-23(33)30-19-5-2-17(3-6-19)24(26)27)18-4-7-21(20(14-18)25-28-8-13-37-25)38(34,35)31-9-11-36-12-10-31;3-2(4,5)1(6)7/h2-8,13-14,16H,9-12,15H2,1H3,(H3,26,27)(H,29,32)(H,30,33);(H,6,7). The van der Waals surface area contributed by atoms with Crippen molar-refractivity contribution in [2.45, 2.75) is 30.5 Å². The summed E-state index contributed by atoms with van der Waals surface area (Å²) in [5, 5.41) is 22.3. The fourth-order valence-corrected chi connectivity index (χ4v) is 6.27. The number of nitrogen functional groups attached to an aromatic ring is 1. The number of nitrogens with one attached hydrogen (secondary N) is 3. The molecular weight excluding hydrogens is 641 g/mol. The van der Waals surface area contributed by atoms with Crippen LogP contribution in [0.3, 0.4) is 0 Å². The van der Waals surface area contributed by atoms with Gasteiger partial charge in [0, 0.05) is 41.5 Å². The van der Waals surface area contributed by atoms with E-state index in [-0.39, 0.29) is 23.8 Å². The van der Waals surface area contributed by atoms with E-state index in [1.54, 1.807) is 54.9 Å². The molecule has 4 rings (SSSR count). The molecule has 1 saturated heterocycles. The largest absolute Gasteiger partial charge is 0.490 e. The van der Waals surface area contributed by atoms with E-state index < -0.39 is 46.4 Å². The highest BCUT2D eigenvalue weighted by atomic mass is 32.2. The van der Waals surface area contributed by atoms with Crippen LogP contribution in [0.1, 0.15) is 30.5 Å². The fraction of sp³-hybridized carbons (Fsp3) is 0.296. The van der Waals surface area contributed by atoms with Gasteiger partial charge in [0.25, 0.3) is 0 Å². The molecule has 0 spiro atoms. The summed E-state index contributed by atoms with van der Waals surface area (Å²) in [5.41, 5.74) is 7.56. The molecule has 1 aliphatic rings. The molecule has 1 fully saturated rings. The summed E-state index contributed by atoms with van der Waals surface area (Å²) >= 11 is 1.32. The Labute approximate surface area is 259 Å². The minimum atomic E-state index is -5.08. The third-order valence-electron chi connectivity index (χ3n) is 6.17. The number of nitrogens with two attached hydrogens (primary N) is 1. The number of morpholine rings is 1. The Kier molecular flexibility index (Phi) is 11.7. The minimum Gasteiger partial charge on any atom is -0.475 e. The minimum absolute atomic E-state index is 0.0824. The van der Waals surface area contributed by atoms with E-state index in [0.29, 0.717) is 40.6 Å². The number of nitrogens with zero attached hydrogens (tertiary/aromatic N) is 2. The summed E-state index contributed by atoms with van der Waals surface area (Å²) in [7, 11) is -3.78. The highest BCUT2D eigenvalue weighted by Crippen LogP contribution is 2.33. The molecule has 0 saturated carbocycles. The van der Waals surface area contributed by atoms with Crippen LogP contribution < -0.4 is 16.4 Å². The number of ether oxygens (including phenoxy) is 1. The van der Waals surface area contributed by atoms with E-state index in [2.05, 4.69) is 15.6 Å². The number of hydrogen-bond donors (Lipinski definition) is 5. The molecule has 0 bridgehead atoms. The lowest BCUT2D eigenvalue weighted by Crippen LogP contribution is -2.40. The Morgan fingerprint density at radius 3 is 2.29 bits per heavy atom. The summed E-state index contributed by atoms with van der Waals surface area (Å²) in [6.07, 6.45) is -3.88. The van der Waals surface area contributed by atoms with Crippen LogP contribution in [0, 0.1) is 5.41 Å². The number of carboxylic acids is 1. The molecule has 1 unspecified atom stereocenters. The highest BCUT2D eigenvalue weighted by Gasteiger charge is 2.38. The molecule has 18 heteroatoms. The van der Waals surface area contributed by atoms with Crippen molar-refractivity contribution >= 4 is 50.7 Å². The Morgan fingerprint density at radius 2 is 1.76 bits per heavy atom. The van der Waals surface area contributed by atoms with Gasteiger partial charge in [-0.25, -0.2) is 18.2 Å². The molecule has 1 aliphatic heterocycles. The Bertz CT molecular complexity index is 1630. The number of carbonyl (C=O) groups is 3. The smallest absolute Gasteiger partial charge is 0.475 e. The van der Waals surface area contributed by atoms with Gasteiger partial charge in [-0.05, 0) is 48.9 Å². The molecule has 242 valence electrons. The quantitative estimate of drug-likeness (QED) is 0.129. The second-order valence-electron chi connectivity index (χ2n) is 9.42. The van der Waals surface area contributed by atoms with Crippen LogP contribution in [0.2, 0.25) is 0 Å². The number of thiazole rings is 1. The number of aromatic nitrogens is 1. The van der Waals surface area contributed by atoms with Crippen molar-refractivity contribution in [2.24, 2.45) is 5.73 Å². The Hall–Kier alpha value is -4.39. The summed E-state index contributed by atoms with van der Waals surface area (Å²) < 4.78 is 65.2. The first kappa shape index (κ1) is 35.1. The monoisotopic (exact) mass is 670 g/mol. The van der Waals surface area contributed by atoms with E-state index in [1.165, 1.54) is 21.7 Å². The van der Waals surface area contributed by atoms with Gasteiger partial charge in [0.2, 0.25) is 21.8 Å². The van der Waals surface area contributed by atoms with Crippen molar-refractivity contribution in [3.63, 3.8) is 0 Å².